The average Bonchev–Trinajstić information content (AvgIpc) is 2.60. The maximum Gasteiger partial charge on any atom is 0.323 e. The van der Waals surface area contributed by atoms with Crippen LogP contribution in [-0.2, 0) is 16.0 Å². The average molecular weight is 311 g/mol. The molecule has 2 rings (SSSR count). The van der Waals surface area contributed by atoms with Crippen LogP contribution in [0.3, 0.4) is 0 Å². The molecule has 0 aromatic heterocycles. The van der Waals surface area contributed by atoms with Crippen molar-refractivity contribution < 1.29 is 9.53 Å². The van der Waals surface area contributed by atoms with E-state index in [9.17, 15) is 4.79 Å². The van der Waals surface area contributed by atoms with Gasteiger partial charge >= 0.3 is 5.97 Å². The lowest BCUT2D eigenvalue weighted by atomic mass is 10.0. The summed E-state index contributed by atoms with van der Waals surface area (Å²) in [6, 6.07) is 20.2. The maximum absolute atomic E-state index is 12.2. The van der Waals surface area contributed by atoms with Crippen molar-refractivity contribution in [2.45, 2.75) is 38.8 Å². The number of aryl methyl sites for hydroxylation is 1. The topological polar surface area (TPSA) is 38.3 Å². The fraction of sp³-hybridized carbons (Fsp3) is 0.350. The summed E-state index contributed by atoms with van der Waals surface area (Å²) in [4.78, 5) is 12.2. The van der Waals surface area contributed by atoms with Crippen LogP contribution >= 0.6 is 0 Å². The molecule has 1 N–H and O–H groups in total. The predicted octanol–water partition coefficient (Wildman–Crippen LogP) is 3.90. The maximum atomic E-state index is 12.2. The fourth-order valence-corrected chi connectivity index (χ4v) is 2.61. The summed E-state index contributed by atoms with van der Waals surface area (Å²) in [6.45, 7) is 4.32. The number of ether oxygens (including phenoxy) is 1. The molecule has 3 heteroatoms. The number of rotatable bonds is 8. The molecule has 0 radical (unpaired) electrons. The van der Waals surface area contributed by atoms with Crippen molar-refractivity contribution in [2.24, 2.45) is 0 Å². The zero-order chi connectivity index (χ0) is 16.5. The fourth-order valence-electron chi connectivity index (χ4n) is 2.61. The zero-order valence-corrected chi connectivity index (χ0v) is 13.9. The third-order valence-electron chi connectivity index (χ3n) is 3.89. The number of hydrogen-bond donors (Lipinski definition) is 1. The van der Waals surface area contributed by atoms with Crippen molar-refractivity contribution in [3.63, 3.8) is 0 Å². The Labute approximate surface area is 138 Å². The Balaban J connectivity index is 2.00. The van der Waals surface area contributed by atoms with Crippen LogP contribution in [0.15, 0.2) is 60.7 Å². The summed E-state index contributed by atoms with van der Waals surface area (Å²) in [6.07, 6.45) is 1.57. The highest BCUT2D eigenvalue weighted by Gasteiger charge is 2.22. The van der Waals surface area contributed by atoms with Crippen LogP contribution in [0.4, 0.5) is 0 Å². The Morgan fingerprint density at radius 1 is 1.04 bits per heavy atom. The minimum atomic E-state index is -0.301. The van der Waals surface area contributed by atoms with Crippen molar-refractivity contribution in [3.8, 4) is 0 Å². The van der Waals surface area contributed by atoms with E-state index in [4.69, 9.17) is 4.74 Å². The molecule has 0 aliphatic carbocycles. The lowest BCUT2D eigenvalue weighted by Gasteiger charge is -2.22. The Hall–Kier alpha value is -2.13. The van der Waals surface area contributed by atoms with Crippen LogP contribution in [0.25, 0.3) is 0 Å². The molecule has 0 aliphatic rings. The molecule has 0 saturated heterocycles. The minimum Gasteiger partial charge on any atom is -0.465 e. The van der Waals surface area contributed by atoms with Gasteiger partial charge in [0.05, 0.1) is 6.61 Å². The molecule has 0 aliphatic heterocycles. The van der Waals surface area contributed by atoms with Crippen molar-refractivity contribution >= 4 is 5.97 Å². The summed E-state index contributed by atoms with van der Waals surface area (Å²) in [7, 11) is 0. The third-order valence-corrected chi connectivity index (χ3v) is 3.89. The van der Waals surface area contributed by atoms with E-state index in [2.05, 4.69) is 36.5 Å². The van der Waals surface area contributed by atoms with E-state index >= 15 is 0 Å². The molecule has 2 aromatic rings. The molecule has 0 saturated carbocycles. The van der Waals surface area contributed by atoms with Crippen LogP contribution in [0.1, 0.15) is 37.4 Å². The summed E-state index contributed by atoms with van der Waals surface area (Å²) in [5.74, 6) is -0.175. The lowest BCUT2D eigenvalue weighted by Crippen LogP contribution is -2.40. The van der Waals surface area contributed by atoms with Crippen molar-refractivity contribution in [1.29, 1.82) is 0 Å². The Morgan fingerprint density at radius 2 is 1.65 bits per heavy atom. The Morgan fingerprint density at radius 3 is 2.26 bits per heavy atom. The predicted molar refractivity (Wildman–Crippen MR) is 93.2 cm³/mol. The van der Waals surface area contributed by atoms with Gasteiger partial charge in [-0.25, -0.2) is 0 Å². The second-order valence-corrected chi connectivity index (χ2v) is 5.63. The molecule has 0 amide bonds. The third kappa shape index (κ3) is 5.53. The monoisotopic (exact) mass is 311 g/mol. The molecule has 23 heavy (non-hydrogen) atoms. The summed E-state index contributed by atoms with van der Waals surface area (Å²) in [5, 5.41) is 3.41. The van der Waals surface area contributed by atoms with E-state index in [1.54, 1.807) is 0 Å². The van der Waals surface area contributed by atoms with E-state index < -0.39 is 0 Å². The van der Waals surface area contributed by atoms with Gasteiger partial charge in [0.1, 0.15) is 6.04 Å². The van der Waals surface area contributed by atoms with Crippen molar-refractivity contribution in [2.75, 3.05) is 6.61 Å². The van der Waals surface area contributed by atoms with Gasteiger partial charge < -0.3 is 4.74 Å². The molecule has 2 atom stereocenters. The molecule has 2 aromatic carbocycles. The molecule has 122 valence electrons. The van der Waals surface area contributed by atoms with E-state index in [1.165, 1.54) is 11.1 Å². The molecule has 0 bridgehead atoms. The molecule has 3 nitrogen and oxygen atoms in total. The first-order valence-electron chi connectivity index (χ1n) is 8.22. The van der Waals surface area contributed by atoms with Crippen LogP contribution in [0, 0.1) is 0 Å². The summed E-state index contributed by atoms with van der Waals surface area (Å²) >= 11 is 0. The Kier molecular flexibility index (Phi) is 6.82. The van der Waals surface area contributed by atoms with E-state index in [1.807, 2.05) is 43.3 Å². The number of esters is 1. The van der Waals surface area contributed by atoms with E-state index in [-0.39, 0.29) is 18.1 Å². The SMILES string of the molecule is CCOC(=O)[C@@H](CCc1ccccc1)N[C@@H](C)c1ccccc1. The van der Waals surface area contributed by atoms with Gasteiger partial charge in [0.15, 0.2) is 0 Å². The number of hydrogen-bond acceptors (Lipinski definition) is 3. The van der Waals surface area contributed by atoms with Gasteiger partial charge in [-0.05, 0) is 37.8 Å². The van der Waals surface area contributed by atoms with Gasteiger partial charge in [0, 0.05) is 6.04 Å². The molecule has 0 unspecified atom stereocenters. The van der Waals surface area contributed by atoms with Crippen molar-refractivity contribution in [3.05, 3.63) is 71.8 Å². The smallest absolute Gasteiger partial charge is 0.323 e. The van der Waals surface area contributed by atoms with Gasteiger partial charge in [-0.15, -0.1) is 0 Å². The second-order valence-electron chi connectivity index (χ2n) is 5.63. The van der Waals surface area contributed by atoms with Gasteiger partial charge in [0.25, 0.3) is 0 Å². The quantitative estimate of drug-likeness (QED) is 0.751. The first-order valence-corrected chi connectivity index (χ1v) is 8.22. The summed E-state index contributed by atoms with van der Waals surface area (Å²) in [5.41, 5.74) is 2.40. The first-order chi connectivity index (χ1) is 11.2. The zero-order valence-electron chi connectivity index (χ0n) is 13.9. The largest absolute Gasteiger partial charge is 0.465 e. The van der Waals surface area contributed by atoms with Crippen LogP contribution in [-0.4, -0.2) is 18.6 Å². The van der Waals surface area contributed by atoms with Crippen molar-refractivity contribution in [1.82, 2.24) is 5.32 Å². The minimum absolute atomic E-state index is 0.0985. The molecule has 0 fully saturated rings. The molecular formula is C20H25NO2. The number of carbonyl (C=O) groups excluding carboxylic acids is 1. The molecule has 0 heterocycles. The second kappa shape index (κ2) is 9.11. The number of carbonyl (C=O) groups is 1. The lowest BCUT2D eigenvalue weighted by molar-refractivity contribution is -0.146. The highest BCUT2D eigenvalue weighted by Crippen LogP contribution is 2.15. The van der Waals surface area contributed by atoms with E-state index in [0.29, 0.717) is 6.61 Å². The molecular weight excluding hydrogens is 286 g/mol. The van der Waals surface area contributed by atoms with Gasteiger partial charge in [-0.1, -0.05) is 60.7 Å². The van der Waals surface area contributed by atoms with Crippen LogP contribution in [0.5, 0.6) is 0 Å². The standard InChI is InChI=1S/C20H25NO2/c1-3-23-20(22)19(15-14-17-10-6-4-7-11-17)21-16(2)18-12-8-5-9-13-18/h4-13,16,19,21H,3,14-15H2,1-2H3/t16-,19+/m0/s1. The van der Waals surface area contributed by atoms with Crippen LogP contribution in [0.2, 0.25) is 0 Å². The van der Waals surface area contributed by atoms with Gasteiger partial charge in [-0.2, -0.15) is 0 Å². The number of nitrogens with one attached hydrogen (secondary N) is 1. The highest BCUT2D eigenvalue weighted by atomic mass is 16.5. The normalized spacial score (nSPS) is 13.3. The van der Waals surface area contributed by atoms with Gasteiger partial charge in [-0.3, -0.25) is 10.1 Å². The van der Waals surface area contributed by atoms with Crippen LogP contribution < -0.4 is 5.32 Å². The summed E-state index contributed by atoms with van der Waals surface area (Å²) < 4.78 is 5.23. The Bertz CT molecular complexity index is 583. The number of benzene rings is 2. The first kappa shape index (κ1) is 17.2. The van der Waals surface area contributed by atoms with Gasteiger partial charge in [0.2, 0.25) is 0 Å². The molecule has 0 spiro atoms. The highest BCUT2D eigenvalue weighted by molar-refractivity contribution is 5.75. The van der Waals surface area contributed by atoms with E-state index in [0.717, 1.165) is 12.8 Å².